The first-order valence-corrected chi connectivity index (χ1v) is 25.3. The fourth-order valence-corrected chi connectivity index (χ4v) is 11.8. The maximum absolute atomic E-state index is 14.7. The smallest absolute Gasteiger partial charge is 0.293 e. The second-order valence-electron chi connectivity index (χ2n) is 20.4. The van der Waals surface area contributed by atoms with Gasteiger partial charge < -0.3 is 29.4 Å². The van der Waals surface area contributed by atoms with Gasteiger partial charge in [0.05, 0.1) is 34.1 Å². The summed E-state index contributed by atoms with van der Waals surface area (Å²) in [5.41, 5.74) is 8.94. The van der Waals surface area contributed by atoms with Crippen LogP contribution in [0.5, 0.6) is 0 Å². The SMILES string of the molecule is Cc1ccc(-n2nc(C(=O)N3CCN(C(=O)c4nc(-c5ccc6c(c5)N(C5CCCC5)[C@H](C)C(=O)N6C)n(-c5ccc(C)cc5)n4)[C@H](C)C3)nc2-c2ccc3c(c2)N(C2CCCC2)[C@H](C)C(=O)N3C)cc1. The van der Waals surface area contributed by atoms with Crippen LogP contribution in [0.25, 0.3) is 34.2 Å². The average molecular weight is 955 g/mol. The number of likely N-dealkylation sites (N-methyl/N-ethyl adjacent to an activating group) is 2. The molecule has 3 aliphatic heterocycles. The number of carbonyl (C=O) groups excluding carboxylic acids is 4. The number of carbonyl (C=O) groups is 4. The first kappa shape index (κ1) is 46.0. The van der Waals surface area contributed by atoms with Gasteiger partial charge in [-0.1, -0.05) is 61.1 Å². The Balaban J connectivity index is 0.884. The Labute approximate surface area is 414 Å². The highest BCUT2D eigenvalue weighted by Gasteiger charge is 2.41. The average Bonchev–Trinajstić information content (AvgIpc) is 4.24. The minimum Gasteiger partial charge on any atom is -0.355 e. The molecule has 4 amide bonds. The molecule has 0 radical (unpaired) electrons. The van der Waals surface area contributed by atoms with Crippen molar-refractivity contribution < 1.29 is 19.2 Å². The number of benzene rings is 4. The lowest BCUT2D eigenvalue weighted by Crippen LogP contribution is -2.55. The molecule has 6 aromatic rings. The lowest BCUT2D eigenvalue weighted by atomic mass is 10.0. The van der Waals surface area contributed by atoms with Crippen LogP contribution in [-0.2, 0) is 9.59 Å². The number of anilines is 4. The molecular weight excluding hydrogens is 893 g/mol. The van der Waals surface area contributed by atoms with E-state index in [1.807, 2.05) is 122 Å². The van der Waals surface area contributed by atoms with E-state index in [2.05, 4.69) is 21.9 Å². The molecule has 2 aromatic heterocycles. The molecule has 3 fully saturated rings. The Morgan fingerprint density at radius 1 is 0.535 bits per heavy atom. The number of rotatable bonds is 8. The molecule has 5 heterocycles. The molecule has 366 valence electrons. The van der Waals surface area contributed by atoms with Gasteiger partial charge in [-0.25, -0.2) is 19.3 Å². The molecule has 11 rings (SSSR count). The lowest BCUT2D eigenvalue weighted by molar-refractivity contribution is -0.120. The quantitative estimate of drug-likeness (QED) is 0.147. The van der Waals surface area contributed by atoms with Crippen LogP contribution in [0.15, 0.2) is 84.9 Å². The number of hydrogen-bond acceptors (Lipinski definition) is 10. The topological polar surface area (TPSA) is 149 Å². The Bertz CT molecular complexity index is 3060. The molecule has 0 bridgehead atoms. The Kier molecular flexibility index (Phi) is 11.7. The van der Waals surface area contributed by atoms with Gasteiger partial charge in [-0.15, -0.1) is 10.2 Å². The zero-order chi connectivity index (χ0) is 49.4. The molecule has 16 nitrogen and oxygen atoms in total. The maximum Gasteiger partial charge on any atom is 0.293 e. The third-order valence-electron chi connectivity index (χ3n) is 15.7. The molecule has 0 unspecified atom stereocenters. The minimum atomic E-state index is -0.379. The summed E-state index contributed by atoms with van der Waals surface area (Å²) in [4.78, 5) is 77.7. The van der Waals surface area contributed by atoms with Gasteiger partial charge in [0, 0.05) is 63.0 Å². The van der Waals surface area contributed by atoms with E-state index in [9.17, 15) is 19.2 Å². The number of hydrogen-bond donors (Lipinski definition) is 0. The fourth-order valence-electron chi connectivity index (χ4n) is 11.8. The summed E-state index contributed by atoms with van der Waals surface area (Å²) in [5, 5.41) is 9.79. The van der Waals surface area contributed by atoms with Crippen LogP contribution in [-0.4, -0.2) is 127 Å². The lowest BCUT2D eigenvalue weighted by Gasteiger charge is -2.43. The molecule has 3 atom stereocenters. The third kappa shape index (κ3) is 8.00. The highest BCUT2D eigenvalue weighted by molar-refractivity contribution is 6.07. The first-order valence-electron chi connectivity index (χ1n) is 25.3. The summed E-state index contributed by atoms with van der Waals surface area (Å²) < 4.78 is 3.47. The number of piperazine rings is 1. The first-order chi connectivity index (χ1) is 34.2. The van der Waals surface area contributed by atoms with Gasteiger partial charge in [-0.2, -0.15) is 0 Å². The van der Waals surface area contributed by atoms with Crippen molar-refractivity contribution in [1.29, 1.82) is 0 Å². The Morgan fingerprint density at radius 3 is 1.38 bits per heavy atom. The van der Waals surface area contributed by atoms with Crippen LogP contribution in [0.4, 0.5) is 22.7 Å². The second kappa shape index (κ2) is 18.1. The predicted octanol–water partition coefficient (Wildman–Crippen LogP) is 8.01. The Hall–Kier alpha value is -7.36. The van der Waals surface area contributed by atoms with Crippen molar-refractivity contribution in [1.82, 2.24) is 39.3 Å². The summed E-state index contributed by atoms with van der Waals surface area (Å²) in [5.74, 6) is 0.641. The number of aryl methyl sites for hydroxylation is 2. The van der Waals surface area contributed by atoms with Crippen molar-refractivity contribution in [2.24, 2.45) is 0 Å². The van der Waals surface area contributed by atoms with Crippen LogP contribution >= 0.6 is 0 Å². The van der Waals surface area contributed by atoms with Crippen LogP contribution in [0.1, 0.15) is 105 Å². The summed E-state index contributed by atoms with van der Waals surface area (Å²) in [6.45, 7) is 10.7. The summed E-state index contributed by atoms with van der Waals surface area (Å²) >= 11 is 0. The van der Waals surface area contributed by atoms with Crippen LogP contribution in [0, 0.1) is 13.8 Å². The Morgan fingerprint density at radius 2 is 0.958 bits per heavy atom. The molecule has 2 saturated carbocycles. The van der Waals surface area contributed by atoms with Gasteiger partial charge in [0.15, 0.2) is 11.6 Å². The summed E-state index contributed by atoms with van der Waals surface area (Å²) in [6, 6.07) is 27.5. The van der Waals surface area contributed by atoms with E-state index in [1.165, 1.54) is 0 Å². The summed E-state index contributed by atoms with van der Waals surface area (Å²) in [6.07, 6.45) is 8.67. The van der Waals surface area contributed by atoms with Crippen molar-refractivity contribution in [3.8, 4) is 34.2 Å². The second-order valence-corrected chi connectivity index (χ2v) is 20.4. The van der Waals surface area contributed by atoms with Crippen molar-refractivity contribution in [3.63, 3.8) is 0 Å². The van der Waals surface area contributed by atoms with Gasteiger partial charge in [-0.05, 0) is 121 Å². The number of amides is 4. The molecule has 0 N–H and O–H groups in total. The van der Waals surface area contributed by atoms with Crippen molar-refractivity contribution in [2.75, 3.05) is 53.3 Å². The van der Waals surface area contributed by atoms with Crippen molar-refractivity contribution in [2.45, 2.75) is 116 Å². The predicted molar refractivity (Wildman–Crippen MR) is 275 cm³/mol. The molecule has 4 aromatic carbocycles. The molecule has 5 aliphatic rings. The third-order valence-corrected chi connectivity index (χ3v) is 15.7. The molecule has 2 aliphatic carbocycles. The van der Waals surface area contributed by atoms with Gasteiger partial charge in [0.25, 0.3) is 11.8 Å². The minimum absolute atomic E-state index is 0.0582. The van der Waals surface area contributed by atoms with Gasteiger partial charge in [0.1, 0.15) is 12.1 Å². The van der Waals surface area contributed by atoms with E-state index >= 15 is 0 Å². The van der Waals surface area contributed by atoms with E-state index in [4.69, 9.17) is 20.2 Å². The standard InChI is InChI=1S/C55H62N12O4/c1-33-16-22-42(23-17-33)66-50(38-20-26-44-46(30-38)64(40-12-8-9-13-40)36(4)52(68)60(44)6)56-48(58-66)54(70)62-28-29-63(35(3)32-62)55(71)49-57-51(67(59-49)43-24-18-34(2)19-25-43)39-21-27-45-47(31-39)65(41-14-10-11-15-41)37(5)53(69)61(45)7/h16-27,30-31,35-37,40-41H,8-15,28-29,32H2,1-7H3/t35-,36-,37-/m1/s1. The molecule has 0 spiro atoms. The van der Waals surface area contributed by atoms with Crippen LogP contribution in [0.3, 0.4) is 0 Å². The van der Waals surface area contributed by atoms with Crippen molar-refractivity contribution >= 4 is 46.4 Å². The molecule has 71 heavy (non-hydrogen) atoms. The fraction of sp³-hybridized carbons (Fsp3) is 0.418. The summed E-state index contributed by atoms with van der Waals surface area (Å²) in [7, 11) is 3.67. The highest BCUT2D eigenvalue weighted by Crippen LogP contribution is 2.44. The monoisotopic (exact) mass is 955 g/mol. The van der Waals surface area contributed by atoms with Gasteiger partial charge >= 0.3 is 0 Å². The van der Waals surface area contributed by atoms with E-state index in [1.54, 1.807) is 29.0 Å². The van der Waals surface area contributed by atoms with Gasteiger partial charge in [-0.3, -0.25) is 19.2 Å². The van der Waals surface area contributed by atoms with Crippen molar-refractivity contribution in [3.05, 3.63) is 108 Å². The number of nitrogens with zero attached hydrogens (tertiary/aromatic N) is 12. The number of fused-ring (bicyclic) bond motifs is 2. The molecular formula is C55H62N12O4. The zero-order valence-corrected chi connectivity index (χ0v) is 41.7. The highest BCUT2D eigenvalue weighted by atomic mass is 16.2. The van der Waals surface area contributed by atoms with E-state index in [-0.39, 0.29) is 85.1 Å². The number of aromatic nitrogens is 6. The van der Waals surface area contributed by atoms with E-state index < -0.39 is 0 Å². The normalized spacial score (nSPS) is 20.9. The van der Waals surface area contributed by atoms with Gasteiger partial charge in [0.2, 0.25) is 23.5 Å². The van der Waals surface area contributed by atoms with E-state index in [0.29, 0.717) is 11.6 Å². The molecule has 1 saturated heterocycles. The van der Waals surface area contributed by atoms with E-state index in [0.717, 1.165) is 108 Å². The zero-order valence-electron chi connectivity index (χ0n) is 41.7. The largest absolute Gasteiger partial charge is 0.355 e. The molecule has 16 heteroatoms. The van der Waals surface area contributed by atoms with Crippen LogP contribution in [0.2, 0.25) is 0 Å². The maximum atomic E-state index is 14.7. The van der Waals surface area contributed by atoms with Crippen LogP contribution < -0.4 is 19.6 Å².